The normalized spacial score (nSPS) is 11.5. The van der Waals surface area contributed by atoms with E-state index in [9.17, 15) is 4.79 Å². The lowest BCUT2D eigenvalue weighted by atomic mass is 10.2. The van der Waals surface area contributed by atoms with Gasteiger partial charge in [-0.15, -0.1) is 0 Å². The zero-order valence-corrected chi connectivity index (χ0v) is 16.1. The summed E-state index contributed by atoms with van der Waals surface area (Å²) in [5.41, 5.74) is 1.07. The molecule has 0 aromatic heterocycles. The van der Waals surface area contributed by atoms with Crippen LogP contribution in [0.5, 0.6) is 5.75 Å². The van der Waals surface area contributed by atoms with E-state index in [0.29, 0.717) is 21.3 Å². The Bertz CT molecular complexity index is 746. The van der Waals surface area contributed by atoms with Crippen molar-refractivity contribution in [2.75, 3.05) is 5.32 Å². The van der Waals surface area contributed by atoms with Gasteiger partial charge in [0.1, 0.15) is 5.75 Å². The van der Waals surface area contributed by atoms with Gasteiger partial charge in [0, 0.05) is 21.3 Å². The molecular weight excluding hydrogens is 379 g/mol. The molecule has 7 heteroatoms. The van der Waals surface area contributed by atoms with Crippen molar-refractivity contribution in [1.29, 1.82) is 0 Å². The highest BCUT2D eigenvalue weighted by molar-refractivity contribution is 7.80. The van der Waals surface area contributed by atoms with Crippen LogP contribution < -0.4 is 15.4 Å². The van der Waals surface area contributed by atoms with Crippen molar-refractivity contribution < 1.29 is 9.53 Å². The Morgan fingerprint density at radius 2 is 1.76 bits per heavy atom. The van der Waals surface area contributed by atoms with Crippen molar-refractivity contribution in [2.24, 2.45) is 0 Å². The minimum absolute atomic E-state index is 0.126. The van der Waals surface area contributed by atoms with Crippen LogP contribution in [0.25, 0.3) is 0 Å². The Balaban J connectivity index is 1.95. The summed E-state index contributed by atoms with van der Waals surface area (Å²) in [6, 6.07) is 11.8. The van der Waals surface area contributed by atoms with Gasteiger partial charge in [0.15, 0.2) is 5.11 Å². The first-order valence-corrected chi connectivity index (χ1v) is 8.89. The fraction of sp³-hybridized carbons (Fsp3) is 0.222. The molecule has 0 heterocycles. The molecule has 0 saturated carbocycles. The topological polar surface area (TPSA) is 50.4 Å². The Kier molecular flexibility index (Phi) is 7.05. The fourth-order valence-electron chi connectivity index (χ4n) is 1.96. The number of rotatable bonds is 5. The lowest BCUT2D eigenvalue weighted by molar-refractivity contribution is 0.0977. The van der Waals surface area contributed by atoms with E-state index in [4.69, 9.17) is 40.2 Å². The van der Waals surface area contributed by atoms with E-state index in [1.165, 1.54) is 0 Å². The number of hydrogen-bond donors (Lipinski definition) is 2. The first kappa shape index (κ1) is 19.5. The minimum atomic E-state index is -0.319. The molecule has 2 aromatic rings. The highest BCUT2D eigenvalue weighted by atomic mass is 35.5. The van der Waals surface area contributed by atoms with Gasteiger partial charge >= 0.3 is 0 Å². The predicted molar refractivity (Wildman–Crippen MR) is 107 cm³/mol. The third-order valence-electron chi connectivity index (χ3n) is 3.38. The number of benzene rings is 2. The van der Waals surface area contributed by atoms with E-state index in [1.807, 2.05) is 13.8 Å². The smallest absolute Gasteiger partial charge is 0.257 e. The summed E-state index contributed by atoms with van der Waals surface area (Å²) < 4.78 is 5.69. The van der Waals surface area contributed by atoms with Gasteiger partial charge in [-0.3, -0.25) is 10.1 Å². The molecule has 1 amide bonds. The summed E-state index contributed by atoms with van der Waals surface area (Å²) in [7, 11) is 0. The second-order valence-electron chi connectivity index (χ2n) is 5.43. The van der Waals surface area contributed by atoms with Crippen LogP contribution in [0.4, 0.5) is 5.69 Å². The van der Waals surface area contributed by atoms with Crippen LogP contribution in [0.15, 0.2) is 42.5 Å². The summed E-state index contributed by atoms with van der Waals surface area (Å²) in [6.45, 7) is 4.04. The number of carbonyl (C=O) groups excluding carboxylic acids is 1. The average Bonchev–Trinajstić information content (AvgIpc) is 2.54. The highest BCUT2D eigenvalue weighted by Gasteiger charge is 2.09. The summed E-state index contributed by atoms with van der Waals surface area (Å²) >= 11 is 17.0. The molecule has 2 N–H and O–H groups in total. The molecule has 0 radical (unpaired) electrons. The first-order chi connectivity index (χ1) is 11.9. The van der Waals surface area contributed by atoms with Crippen LogP contribution in [0, 0.1) is 0 Å². The second kappa shape index (κ2) is 9.04. The number of thiocarbonyl (C=S) groups is 1. The van der Waals surface area contributed by atoms with Crippen molar-refractivity contribution >= 4 is 52.1 Å². The summed E-state index contributed by atoms with van der Waals surface area (Å²) in [4.78, 5) is 12.2. The molecule has 0 spiro atoms. The molecule has 2 rings (SSSR count). The third kappa shape index (κ3) is 6.20. The number of ether oxygens (including phenoxy) is 1. The van der Waals surface area contributed by atoms with E-state index >= 15 is 0 Å². The van der Waals surface area contributed by atoms with Crippen molar-refractivity contribution in [3.05, 3.63) is 58.1 Å². The monoisotopic (exact) mass is 396 g/mol. The van der Waals surface area contributed by atoms with E-state index in [-0.39, 0.29) is 17.1 Å². The SMILES string of the molecule is CCC(C)Oc1ccc(C(=O)NC(=S)Nc2cc(Cl)cc(Cl)c2)cc1. The van der Waals surface area contributed by atoms with Gasteiger partial charge in [0.05, 0.1) is 6.10 Å². The predicted octanol–water partition coefficient (Wildman–Crippen LogP) is 5.30. The molecule has 0 aliphatic rings. The number of hydrogen-bond acceptors (Lipinski definition) is 3. The second-order valence-corrected chi connectivity index (χ2v) is 6.71. The number of nitrogens with one attached hydrogen (secondary N) is 2. The first-order valence-electron chi connectivity index (χ1n) is 7.72. The van der Waals surface area contributed by atoms with E-state index < -0.39 is 0 Å². The molecule has 0 bridgehead atoms. The molecule has 1 unspecified atom stereocenters. The van der Waals surface area contributed by atoms with E-state index in [1.54, 1.807) is 42.5 Å². The van der Waals surface area contributed by atoms with Crippen molar-refractivity contribution in [2.45, 2.75) is 26.4 Å². The van der Waals surface area contributed by atoms with Gasteiger partial charge < -0.3 is 10.1 Å². The van der Waals surface area contributed by atoms with E-state index in [2.05, 4.69) is 10.6 Å². The van der Waals surface area contributed by atoms with Crippen molar-refractivity contribution in [3.8, 4) is 5.75 Å². The summed E-state index contributed by atoms with van der Waals surface area (Å²) in [5.74, 6) is 0.404. The Morgan fingerprint density at radius 1 is 1.16 bits per heavy atom. The Labute approximate surface area is 162 Å². The molecule has 0 fully saturated rings. The molecule has 0 aliphatic carbocycles. The molecular formula is C18H18Cl2N2O2S. The highest BCUT2D eigenvalue weighted by Crippen LogP contribution is 2.22. The summed E-state index contributed by atoms with van der Waals surface area (Å²) in [5, 5.41) is 6.59. The van der Waals surface area contributed by atoms with Crippen LogP contribution in [0.1, 0.15) is 30.6 Å². The molecule has 0 aliphatic heterocycles. The third-order valence-corrected chi connectivity index (χ3v) is 4.02. The number of carbonyl (C=O) groups is 1. The Morgan fingerprint density at radius 3 is 2.32 bits per heavy atom. The maximum atomic E-state index is 12.2. The largest absolute Gasteiger partial charge is 0.491 e. The number of amides is 1. The minimum Gasteiger partial charge on any atom is -0.491 e. The lowest BCUT2D eigenvalue weighted by Crippen LogP contribution is -2.34. The fourth-order valence-corrected chi connectivity index (χ4v) is 2.70. The quantitative estimate of drug-likeness (QED) is 0.673. The van der Waals surface area contributed by atoms with Gasteiger partial charge in [-0.1, -0.05) is 30.1 Å². The maximum Gasteiger partial charge on any atom is 0.257 e. The zero-order valence-electron chi connectivity index (χ0n) is 13.8. The maximum absolute atomic E-state index is 12.2. The van der Waals surface area contributed by atoms with Crippen LogP contribution in [0.2, 0.25) is 10.0 Å². The molecule has 132 valence electrons. The molecule has 4 nitrogen and oxygen atoms in total. The van der Waals surface area contributed by atoms with Crippen molar-refractivity contribution in [3.63, 3.8) is 0 Å². The van der Waals surface area contributed by atoms with E-state index in [0.717, 1.165) is 12.2 Å². The van der Waals surface area contributed by atoms with Gasteiger partial charge in [-0.25, -0.2) is 0 Å². The van der Waals surface area contributed by atoms with Crippen molar-refractivity contribution in [1.82, 2.24) is 5.32 Å². The zero-order chi connectivity index (χ0) is 18.4. The molecule has 1 atom stereocenters. The van der Waals surface area contributed by atoms with Crippen LogP contribution in [-0.4, -0.2) is 17.1 Å². The van der Waals surface area contributed by atoms with Crippen LogP contribution in [-0.2, 0) is 0 Å². The van der Waals surface area contributed by atoms with Crippen LogP contribution >= 0.6 is 35.4 Å². The average molecular weight is 397 g/mol. The molecule has 0 saturated heterocycles. The molecule has 2 aromatic carbocycles. The van der Waals surface area contributed by atoms with Gasteiger partial charge in [0.25, 0.3) is 5.91 Å². The van der Waals surface area contributed by atoms with Gasteiger partial charge in [-0.05, 0) is 68.0 Å². The lowest BCUT2D eigenvalue weighted by Gasteiger charge is -2.13. The summed E-state index contributed by atoms with van der Waals surface area (Å²) in [6.07, 6.45) is 1.04. The number of anilines is 1. The van der Waals surface area contributed by atoms with Gasteiger partial charge in [-0.2, -0.15) is 0 Å². The standard InChI is InChI=1S/C18H18Cl2N2O2S/c1-3-11(2)24-16-6-4-12(5-7-16)17(23)22-18(25)21-15-9-13(19)8-14(20)10-15/h4-11H,3H2,1-2H3,(H2,21,22,23,25). The number of halogens is 2. The molecule has 25 heavy (non-hydrogen) atoms. The van der Waals surface area contributed by atoms with Gasteiger partial charge in [0.2, 0.25) is 0 Å². The van der Waals surface area contributed by atoms with Crippen LogP contribution in [0.3, 0.4) is 0 Å². The Hall–Kier alpha value is -1.82.